The van der Waals surface area contributed by atoms with Gasteiger partial charge in [-0.05, 0) is 51.1 Å². The van der Waals surface area contributed by atoms with Crippen LogP contribution in [0.5, 0.6) is 0 Å². The third-order valence-corrected chi connectivity index (χ3v) is 3.84. The topological polar surface area (TPSA) is 45.4 Å². The van der Waals surface area contributed by atoms with Crippen molar-refractivity contribution in [3.05, 3.63) is 23.9 Å². The monoisotopic (exact) mass is 248 g/mol. The zero-order valence-corrected chi connectivity index (χ0v) is 11.6. The van der Waals surface area contributed by atoms with Gasteiger partial charge in [-0.25, -0.2) is 4.98 Å². The van der Waals surface area contributed by atoms with E-state index >= 15 is 0 Å². The van der Waals surface area contributed by atoms with Crippen LogP contribution in [0.25, 0.3) is 0 Å². The van der Waals surface area contributed by atoms with Crippen LogP contribution in [0.2, 0.25) is 0 Å². The highest BCUT2D eigenvalue weighted by atomic mass is 15.2. The van der Waals surface area contributed by atoms with E-state index in [2.05, 4.69) is 34.9 Å². The third-order valence-electron chi connectivity index (χ3n) is 3.84. The number of hydrogen-bond acceptors (Lipinski definition) is 4. The van der Waals surface area contributed by atoms with Gasteiger partial charge < -0.3 is 15.5 Å². The summed E-state index contributed by atoms with van der Waals surface area (Å²) in [5.74, 6) is 1.02. The number of anilines is 1. The molecule has 100 valence electrons. The molecular formula is C14H24N4. The van der Waals surface area contributed by atoms with Crippen molar-refractivity contribution in [2.45, 2.75) is 31.8 Å². The molecule has 18 heavy (non-hydrogen) atoms. The lowest BCUT2D eigenvalue weighted by Gasteiger charge is -2.27. The summed E-state index contributed by atoms with van der Waals surface area (Å²) >= 11 is 0. The molecule has 2 N–H and O–H groups in total. The maximum Gasteiger partial charge on any atom is 0.128 e. The van der Waals surface area contributed by atoms with Gasteiger partial charge in [-0.2, -0.15) is 0 Å². The molecule has 1 aromatic heterocycles. The molecule has 0 aliphatic carbocycles. The first-order valence-corrected chi connectivity index (χ1v) is 6.71. The van der Waals surface area contributed by atoms with Crippen molar-refractivity contribution < 1.29 is 0 Å². The largest absolute Gasteiger partial charge is 0.358 e. The van der Waals surface area contributed by atoms with Crippen LogP contribution in [0, 0.1) is 0 Å². The molecule has 4 heteroatoms. The summed E-state index contributed by atoms with van der Waals surface area (Å²) in [5, 5.41) is 0. The van der Waals surface area contributed by atoms with Crippen LogP contribution in [-0.4, -0.2) is 43.1 Å². The van der Waals surface area contributed by atoms with E-state index in [4.69, 9.17) is 5.73 Å². The minimum absolute atomic E-state index is 0.0642. The third kappa shape index (κ3) is 3.00. The van der Waals surface area contributed by atoms with E-state index in [-0.39, 0.29) is 6.04 Å². The second-order valence-corrected chi connectivity index (χ2v) is 5.39. The van der Waals surface area contributed by atoms with Crippen molar-refractivity contribution >= 4 is 5.82 Å². The lowest BCUT2D eigenvalue weighted by Crippen LogP contribution is -2.37. The quantitative estimate of drug-likeness (QED) is 0.879. The average Bonchev–Trinajstić information content (AvgIpc) is 2.75. The number of nitrogens with zero attached hydrogens (tertiary/aromatic N) is 3. The van der Waals surface area contributed by atoms with Gasteiger partial charge in [0.15, 0.2) is 0 Å². The summed E-state index contributed by atoms with van der Waals surface area (Å²) < 4.78 is 0. The van der Waals surface area contributed by atoms with Crippen LogP contribution in [0.15, 0.2) is 18.3 Å². The maximum absolute atomic E-state index is 5.91. The molecule has 0 radical (unpaired) electrons. The first-order chi connectivity index (χ1) is 8.58. The predicted molar refractivity (Wildman–Crippen MR) is 75.8 cm³/mol. The fourth-order valence-corrected chi connectivity index (χ4v) is 2.55. The summed E-state index contributed by atoms with van der Waals surface area (Å²) in [4.78, 5) is 9.11. The number of rotatable bonds is 4. The fourth-order valence-electron chi connectivity index (χ4n) is 2.55. The van der Waals surface area contributed by atoms with Crippen LogP contribution in [0.4, 0.5) is 5.82 Å². The van der Waals surface area contributed by atoms with Gasteiger partial charge in [0.25, 0.3) is 0 Å². The molecule has 0 saturated carbocycles. The highest BCUT2D eigenvalue weighted by Crippen LogP contribution is 2.20. The maximum atomic E-state index is 5.91. The number of likely N-dealkylation sites (tertiary alicyclic amines) is 1. The SMILES string of the molecule is C[C@@H](N)c1ccnc(N(C)CC2CCCN2C)c1. The van der Waals surface area contributed by atoms with Crippen LogP contribution in [0.1, 0.15) is 31.4 Å². The van der Waals surface area contributed by atoms with Gasteiger partial charge in [0.1, 0.15) is 5.82 Å². The van der Waals surface area contributed by atoms with Crippen LogP contribution in [-0.2, 0) is 0 Å². The highest BCUT2D eigenvalue weighted by Gasteiger charge is 2.22. The Hall–Kier alpha value is -1.13. The number of aromatic nitrogens is 1. The molecule has 0 bridgehead atoms. The molecule has 0 aromatic carbocycles. The molecule has 0 spiro atoms. The van der Waals surface area contributed by atoms with Crippen LogP contribution in [0.3, 0.4) is 0 Å². The predicted octanol–water partition coefficient (Wildman–Crippen LogP) is 1.63. The van der Waals surface area contributed by atoms with Crippen LogP contribution >= 0.6 is 0 Å². The first-order valence-electron chi connectivity index (χ1n) is 6.71. The zero-order chi connectivity index (χ0) is 13.1. The van der Waals surface area contributed by atoms with Gasteiger partial charge in [-0.15, -0.1) is 0 Å². The van der Waals surface area contributed by atoms with Crippen molar-refractivity contribution in [3.63, 3.8) is 0 Å². The van der Waals surface area contributed by atoms with E-state index < -0.39 is 0 Å². The molecule has 1 aromatic rings. The van der Waals surface area contributed by atoms with Gasteiger partial charge in [0, 0.05) is 31.9 Å². The zero-order valence-electron chi connectivity index (χ0n) is 11.6. The Kier molecular flexibility index (Phi) is 4.19. The van der Waals surface area contributed by atoms with Gasteiger partial charge in [0.2, 0.25) is 0 Å². The second kappa shape index (κ2) is 5.67. The highest BCUT2D eigenvalue weighted by molar-refractivity contribution is 5.41. The summed E-state index contributed by atoms with van der Waals surface area (Å²) in [6, 6.07) is 4.80. The lowest BCUT2D eigenvalue weighted by molar-refractivity contribution is 0.314. The number of likely N-dealkylation sites (N-methyl/N-ethyl adjacent to an activating group) is 2. The minimum atomic E-state index is 0.0642. The second-order valence-electron chi connectivity index (χ2n) is 5.39. The van der Waals surface area contributed by atoms with E-state index in [0.717, 1.165) is 17.9 Å². The van der Waals surface area contributed by atoms with E-state index in [1.807, 2.05) is 19.2 Å². The summed E-state index contributed by atoms with van der Waals surface area (Å²) in [5.41, 5.74) is 7.06. The van der Waals surface area contributed by atoms with E-state index in [9.17, 15) is 0 Å². The van der Waals surface area contributed by atoms with Gasteiger partial charge in [0.05, 0.1) is 0 Å². The average molecular weight is 248 g/mol. The van der Waals surface area contributed by atoms with E-state index in [1.165, 1.54) is 19.4 Å². The smallest absolute Gasteiger partial charge is 0.128 e. The Balaban J connectivity index is 2.04. The van der Waals surface area contributed by atoms with Crippen molar-refractivity contribution in [1.29, 1.82) is 0 Å². The normalized spacial score (nSPS) is 22.1. The number of hydrogen-bond donors (Lipinski definition) is 1. The van der Waals surface area contributed by atoms with E-state index in [0.29, 0.717) is 6.04 Å². The Morgan fingerprint density at radius 1 is 1.61 bits per heavy atom. The molecule has 4 nitrogen and oxygen atoms in total. The van der Waals surface area contributed by atoms with Gasteiger partial charge in [-0.1, -0.05) is 0 Å². The van der Waals surface area contributed by atoms with Gasteiger partial charge in [-0.3, -0.25) is 0 Å². The molecule has 1 fully saturated rings. The van der Waals surface area contributed by atoms with Crippen molar-refractivity contribution in [3.8, 4) is 0 Å². The first kappa shape index (κ1) is 13.3. The molecule has 2 rings (SSSR count). The molecule has 1 aliphatic rings. The van der Waals surface area contributed by atoms with Crippen molar-refractivity contribution in [2.24, 2.45) is 5.73 Å². The van der Waals surface area contributed by atoms with Gasteiger partial charge >= 0.3 is 0 Å². The Labute approximate surface area is 110 Å². The number of nitrogens with two attached hydrogens (primary N) is 1. The summed E-state index contributed by atoms with van der Waals surface area (Å²) in [7, 11) is 4.32. The molecule has 1 saturated heterocycles. The molecule has 1 unspecified atom stereocenters. The lowest BCUT2D eigenvalue weighted by atomic mass is 10.1. The fraction of sp³-hybridized carbons (Fsp3) is 0.643. The molecule has 1 aliphatic heterocycles. The molecule has 2 heterocycles. The Bertz CT molecular complexity index is 391. The van der Waals surface area contributed by atoms with Crippen molar-refractivity contribution in [2.75, 3.05) is 32.1 Å². The van der Waals surface area contributed by atoms with Crippen molar-refractivity contribution in [1.82, 2.24) is 9.88 Å². The Morgan fingerprint density at radius 3 is 3.00 bits per heavy atom. The Morgan fingerprint density at radius 2 is 2.39 bits per heavy atom. The summed E-state index contributed by atoms with van der Waals surface area (Å²) in [6.45, 7) is 4.25. The minimum Gasteiger partial charge on any atom is -0.358 e. The van der Waals surface area contributed by atoms with E-state index in [1.54, 1.807) is 0 Å². The molecule has 0 amide bonds. The number of pyridine rings is 1. The molecular weight excluding hydrogens is 224 g/mol. The standard InChI is InChI=1S/C14H24N4/c1-11(15)12-6-7-16-14(9-12)18(3)10-13-5-4-8-17(13)2/h6-7,9,11,13H,4-5,8,10,15H2,1-3H3/t11-,13?/m1/s1. The molecule has 2 atom stereocenters. The summed E-state index contributed by atoms with van der Waals surface area (Å²) in [6.07, 6.45) is 4.44. The van der Waals surface area contributed by atoms with Crippen LogP contribution < -0.4 is 10.6 Å².